The zero-order valence-corrected chi connectivity index (χ0v) is 12.3. The molecule has 0 aliphatic rings. The van der Waals surface area contributed by atoms with Gasteiger partial charge in [-0.1, -0.05) is 12.1 Å². The summed E-state index contributed by atoms with van der Waals surface area (Å²) in [7, 11) is 1.59. The lowest BCUT2D eigenvalue weighted by molar-refractivity contribution is 0.101. The van der Waals surface area contributed by atoms with E-state index in [4.69, 9.17) is 9.47 Å². The van der Waals surface area contributed by atoms with E-state index in [1.165, 1.54) is 13.0 Å². The van der Waals surface area contributed by atoms with Crippen molar-refractivity contribution in [2.24, 2.45) is 0 Å². The first kappa shape index (κ1) is 15.0. The maximum atomic E-state index is 13.6. The summed E-state index contributed by atoms with van der Waals surface area (Å²) in [6.07, 6.45) is 0. The molecule has 2 aromatic rings. The van der Waals surface area contributed by atoms with E-state index in [9.17, 15) is 9.18 Å². The van der Waals surface area contributed by atoms with Gasteiger partial charge in [-0.3, -0.25) is 4.79 Å². The molecule has 0 spiro atoms. The van der Waals surface area contributed by atoms with Gasteiger partial charge in [-0.25, -0.2) is 4.39 Å². The molecule has 3 nitrogen and oxygen atoms in total. The third kappa shape index (κ3) is 3.60. The fraction of sp³-hybridized carbons (Fsp3) is 0.235. The van der Waals surface area contributed by atoms with Crippen molar-refractivity contribution in [2.45, 2.75) is 20.5 Å². The van der Waals surface area contributed by atoms with Crippen LogP contribution in [0.3, 0.4) is 0 Å². The number of hydrogen-bond acceptors (Lipinski definition) is 3. The molecule has 0 aliphatic heterocycles. The first-order valence-corrected chi connectivity index (χ1v) is 6.58. The van der Waals surface area contributed by atoms with Crippen molar-refractivity contribution in [3.8, 4) is 11.5 Å². The Balaban J connectivity index is 2.22. The molecule has 0 unspecified atom stereocenters. The van der Waals surface area contributed by atoms with Gasteiger partial charge in [0.1, 0.15) is 23.9 Å². The molecule has 0 N–H and O–H groups in total. The summed E-state index contributed by atoms with van der Waals surface area (Å²) >= 11 is 0. The fourth-order valence-electron chi connectivity index (χ4n) is 1.97. The lowest BCUT2D eigenvalue weighted by atomic mass is 10.1. The van der Waals surface area contributed by atoms with Gasteiger partial charge >= 0.3 is 0 Å². The summed E-state index contributed by atoms with van der Waals surface area (Å²) in [4.78, 5) is 11.6. The Morgan fingerprint density at radius 1 is 1.24 bits per heavy atom. The maximum Gasteiger partial charge on any atom is 0.163 e. The Kier molecular flexibility index (Phi) is 4.58. The largest absolute Gasteiger partial charge is 0.497 e. The summed E-state index contributed by atoms with van der Waals surface area (Å²) in [6.45, 7) is 3.31. The van der Waals surface area contributed by atoms with Crippen LogP contribution in [0.15, 0.2) is 36.4 Å². The summed E-state index contributed by atoms with van der Waals surface area (Å²) in [5.74, 6) is 0.492. The third-order valence-corrected chi connectivity index (χ3v) is 3.17. The second kappa shape index (κ2) is 6.39. The monoisotopic (exact) mass is 288 g/mol. The Hall–Kier alpha value is -2.36. The molecule has 0 bridgehead atoms. The topological polar surface area (TPSA) is 35.5 Å². The molecule has 0 atom stereocenters. The minimum atomic E-state index is -0.408. The first-order chi connectivity index (χ1) is 10.0. The predicted octanol–water partition coefficient (Wildman–Crippen LogP) is 3.92. The predicted molar refractivity (Wildman–Crippen MR) is 78.5 cm³/mol. The van der Waals surface area contributed by atoms with Gasteiger partial charge in [-0.05, 0) is 49.2 Å². The molecule has 4 heteroatoms. The first-order valence-electron chi connectivity index (χ1n) is 6.58. The van der Waals surface area contributed by atoms with Gasteiger partial charge < -0.3 is 9.47 Å². The molecule has 0 saturated carbocycles. The summed E-state index contributed by atoms with van der Waals surface area (Å²) in [6, 6.07) is 10.2. The second-order valence-electron chi connectivity index (χ2n) is 4.79. The Labute approximate surface area is 123 Å². The second-order valence-corrected chi connectivity index (χ2v) is 4.79. The Morgan fingerprint density at radius 3 is 2.67 bits per heavy atom. The van der Waals surface area contributed by atoms with Crippen LogP contribution in [-0.2, 0) is 6.61 Å². The van der Waals surface area contributed by atoms with Gasteiger partial charge in [0.15, 0.2) is 5.78 Å². The zero-order chi connectivity index (χ0) is 15.4. The highest BCUT2D eigenvalue weighted by molar-refractivity contribution is 5.96. The van der Waals surface area contributed by atoms with Crippen LogP contribution in [0.5, 0.6) is 11.5 Å². The molecule has 0 heterocycles. The number of rotatable bonds is 5. The van der Waals surface area contributed by atoms with Gasteiger partial charge in [0, 0.05) is 0 Å². The van der Waals surface area contributed by atoms with E-state index in [0.717, 1.165) is 11.3 Å². The molecule has 0 fully saturated rings. The van der Waals surface area contributed by atoms with Crippen LogP contribution >= 0.6 is 0 Å². The number of Topliss-reactive ketones (excluding diaryl/α,β-unsaturated/α-hetero) is 1. The zero-order valence-electron chi connectivity index (χ0n) is 12.3. The Morgan fingerprint density at radius 2 is 2.00 bits per heavy atom. The van der Waals surface area contributed by atoms with Crippen molar-refractivity contribution in [2.75, 3.05) is 7.11 Å². The lowest BCUT2D eigenvalue weighted by Gasteiger charge is -2.12. The SMILES string of the molecule is COc1cccc(COc2cc(C)c(F)cc2C(C)=O)c1. The van der Waals surface area contributed by atoms with Crippen LogP contribution in [-0.4, -0.2) is 12.9 Å². The fourth-order valence-corrected chi connectivity index (χ4v) is 1.97. The van der Waals surface area contributed by atoms with Crippen molar-refractivity contribution in [1.29, 1.82) is 0 Å². The van der Waals surface area contributed by atoms with E-state index in [-0.39, 0.29) is 18.0 Å². The van der Waals surface area contributed by atoms with Crippen LogP contribution in [0.4, 0.5) is 4.39 Å². The smallest absolute Gasteiger partial charge is 0.163 e. The lowest BCUT2D eigenvalue weighted by Crippen LogP contribution is -2.03. The van der Waals surface area contributed by atoms with Crippen LogP contribution in [0.2, 0.25) is 0 Å². The van der Waals surface area contributed by atoms with Gasteiger partial charge in [-0.2, -0.15) is 0 Å². The minimum Gasteiger partial charge on any atom is -0.497 e. The van der Waals surface area contributed by atoms with Crippen molar-refractivity contribution in [1.82, 2.24) is 0 Å². The van der Waals surface area contributed by atoms with Crippen molar-refractivity contribution in [3.05, 3.63) is 58.9 Å². The van der Waals surface area contributed by atoms with E-state index in [2.05, 4.69) is 0 Å². The van der Waals surface area contributed by atoms with Crippen LogP contribution in [0.1, 0.15) is 28.4 Å². The molecule has 2 rings (SSSR count). The molecule has 110 valence electrons. The number of carbonyl (C=O) groups is 1. The number of benzene rings is 2. The van der Waals surface area contributed by atoms with Gasteiger partial charge in [0.25, 0.3) is 0 Å². The van der Waals surface area contributed by atoms with Gasteiger partial charge in [0.2, 0.25) is 0 Å². The summed E-state index contributed by atoms with van der Waals surface area (Å²) < 4.78 is 24.4. The Bertz CT molecular complexity index is 665. The van der Waals surface area contributed by atoms with Gasteiger partial charge in [-0.15, -0.1) is 0 Å². The number of aryl methyl sites for hydroxylation is 1. The molecule has 0 radical (unpaired) electrons. The van der Waals surface area contributed by atoms with Crippen molar-refractivity contribution >= 4 is 5.78 Å². The highest BCUT2D eigenvalue weighted by Crippen LogP contribution is 2.25. The quantitative estimate of drug-likeness (QED) is 0.782. The minimum absolute atomic E-state index is 0.227. The number of methoxy groups -OCH3 is 1. The van der Waals surface area contributed by atoms with Crippen molar-refractivity contribution in [3.63, 3.8) is 0 Å². The summed E-state index contributed by atoms with van der Waals surface area (Å²) in [5.41, 5.74) is 1.60. The highest BCUT2D eigenvalue weighted by Gasteiger charge is 2.12. The number of hydrogen-bond donors (Lipinski definition) is 0. The standard InChI is InChI=1S/C17H17FO3/c1-11-7-17(15(12(2)19)9-16(11)18)21-10-13-5-4-6-14(8-13)20-3/h4-9H,10H2,1-3H3. The van der Waals surface area contributed by atoms with E-state index in [1.54, 1.807) is 20.1 Å². The van der Waals surface area contributed by atoms with Crippen molar-refractivity contribution < 1.29 is 18.7 Å². The number of halogens is 1. The third-order valence-electron chi connectivity index (χ3n) is 3.17. The molecule has 0 aromatic heterocycles. The molecule has 0 saturated heterocycles. The molecule has 21 heavy (non-hydrogen) atoms. The number of ketones is 1. The average Bonchev–Trinajstić information content (AvgIpc) is 2.48. The van der Waals surface area contributed by atoms with E-state index >= 15 is 0 Å². The van der Waals surface area contributed by atoms with Crippen LogP contribution in [0.25, 0.3) is 0 Å². The highest BCUT2D eigenvalue weighted by atomic mass is 19.1. The molecular weight excluding hydrogens is 271 g/mol. The maximum absolute atomic E-state index is 13.6. The average molecular weight is 288 g/mol. The number of ether oxygens (including phenoxy) is 2. The summed E-state index contributed by atoms with van der Waals surface area (Å²) in [5, 5.41) is 0. The molecule has 0 amide bonds. The molecule has 2 aromatic carbocycles. The molecular formula is C17H17FO3. The number of carbonyl (C=O) groups excluding carboxylic acids is 1. The van der Waals surface area contributed by atoms with E-state index < -0.39 is 5.82 Å². The normalized spacial score (nSPS) is 10.3. The van der Waals surface area contributed by atoms with Gasteiger partial charge in [0.05, 0.1) is 12.7 Å². The molecule has 0 aliphatic carbocycles. The van der Waals surface area contributed by atoms with Crippen LogP contribution < -0.4 is 9.47 Å². The van der Waals surface area contributed by atoms with E-state index in [0.29, 0.717) is 11.3 Å². The van der Waals surface area contributed by atoms with E-state index in [1.807, 2.05) is 24.3 Å². The van der Waals surface area contributed by atoms with Crippen LogP contribution in [0, 0.1) is 12.7 Å².